The zero-order valence-corrected chi connectivity index (χ0v) is 11.1. The van der Waals surface area contributed by atoms with Crippen LogP contribution in [0.5, 0.6) is 0 Å². The van der Waals surface area contributed by atoms with Crippen molar-refractivity contribution in [3.05, 3.63) is 34.9 Å². The molecule has 2 atom stereocenters. The molecule has 1 rings (SSSR count). The van der Waals surface area contributed by atoms with Gasteiger partial charge in [-0.05, 0) is 43.9 Å². The predicted molar refractivity (Wildman–Crippen MR) is 70.7 cm³/mol. The molecule has 0 aliphatic carbocycles. The van der Waals surface area contributed by atoms with Crippen LogP contribution in [0.1, 0.15) is 43.0 Å². The second-order valence-corrected chi connectivity index (χ2v) is 4.60. The quantitative estimate of drug-likeness (QED) is 0.820. The van der Waals surface area contributed by atoms with E-state index in [1.54, 1.807) is 0 Å². The molecule has 0 heterocycles. The molecule has 1 aromatic carbocycles. The van der Waals surface area contributed by atoms with E-state index in [0.717, 1.165) is 17.5 Å². The Kier molecular flexibility index (Phi) is 4.70. The minimum absolute atomic E-state index is 0.271. The maximum atomic E-state index is 11.6. The Morgan fingerprint density at radius 1 is 1.41 bits per heavy atom. The Hall–Kier alpha value is -1.35. The zero-order chi connectivity index (χ0) is 13.0. The first-order valence-corrected chi connectivity index (χ1v) is 6.08. The van der Waals surface area contributed by atoms with Gasteiger partial charge < -0.3 is 5.73 Å². The van der Waals surface area contributed by atoms with Gasteiger partial charge in [-0.1, -0.05) is 25.1 Å². The van der Waals surface area contributed by atoms with E-state index >= 15 is 0 Å². The van der Waals surface area contributed by atoms with E-state index in [1.165, 1.54) is 5.56 Å². The molecule has 0 aliphatic rings. The maximum Gasteiger partial charge on any atom is 0.239 e. The van der Waals surface area contributed by atoms with Crippen LogP contribution in [0.3, 0.4) is 0 Å². The molecule has 0 radical (unpaired) electrons. The van der Waals surface area contributed by atoms with Gasteiger partial charge in [0.25, 0.3) is 0 Å². The van der Waals surface area contributed by atoms with Crippen molar-refractivity contribution < 1.29 is 4.79 Å². The lowest BCUT2D eigenvalue weighted by molar-refractivity contribution is -0.120. The number of primary amides is 1. The SMILES string of the molecule is CCC(C)NC(C(N)=O)c1cccc(C)c1C. The smallest absolute Gasteiger partial charge is 0.239 e. The summed E-state index contributed by atoms with van der Waals surface area (Å²) in [5.41, 5.74) is 8.79. The van der Waals surface area contributed by atoms with Crippen molar-refractivity contribution >= 4 is 5.91 Å². The fourth-order valence-corrected chi connectivity index (χ4v) is 1.81. The number of hydrogen-bond acceptors (Lipinski definition) is 2. The third-order valence-corrected chi connectivity index (χ3v) is 3.31. The molecule has 1 aromatic rings. The fraction of sp³-hybridized carbons (Fsp3) is 0.500. The van der Waals surface area contributed by atoms with Crippen LogP contribution in [0, 0.1) is 13.8 Å². The van der Waals surface area contributed by atoms with E-state index in [1.807, 2.05) is 32.0 Å². The lowest BCUT2D eigenvalue weighted by atomic mass is 9.96. The second-order valence-electron chi connectivity index (χ2n) is 4.60. The average molecular weight is 234 g/mol. The Labute approximate surface area is 103 Å². The molecule has 17 heavy (non-hydrogen) atoms. The molecule has 0 aromatic heterocycles. The summed E-state index contributed by atoms with van der Waals surface area (Å²) in [5.74, 6) is -0.320. The number of rotatable bonds is 5. The van der Waals surface area contributed by atoms with Crippen molar-refractivity contribution in [3.8, 4) is 0 Å². The van der Waals surface area contributed by atoms with Crippen molar-refractivity contribution in [1.29, 1.82) is 0 Å². The van der Waals surface area contributed by atoms with Gasteiger partial charge in [0.1, 0.15) is 6.04 Å². The molecule has 3 N–H and O–H groups in total. The molecular formula is C14H22N2O. The van der Waals surface area contributed by atoms with Gasteiger partial charge in [0.05, 0.1) is 0 Å². The average Bonchev–Trinajstić information content (AvgIpc) is 2.29. The molecule has 0 fully saturated rings. The Morgan fingerprint density at radius 3 is 2.59 bits per heavy atom. The predicted octanol–water partition coefficient (Wildman–Crippen LogP) is 2.22. The summed E-state index contributed by atoms with van der Waals surface area (Å²) in [5, 5.41) is 3.28. The van der Waals surface area contributed by atoms with Gasteiger partial charge >= 0.3 is 0 Å². The first-order chi connectivity index (χ1) is 7.97. The normalized spacial score (nSPS) is 14.4. The highest BCUT2D eigenvalue weighted by atomic mass is 16.1. The third-order valence-electron chi connectivity index (χ3n) is 3.31. The summed E-state index contributed by atoms with van der Waals surface area (Å²) in [4.78, 5) is 11.6. The van der Waals surface area contributed by atoms with Crippen LogP contribution >= 0.6 is 0 Å². The fourth-order valence-electron chi connectivity index (χ4n) is 1.81. The minimum atomic E-state index is -0.398. The number of carbonyl (C=O) groups is 1. The molecule has 3 heteroatoms. The van der Waals surface area contributed by atoms with Crippen molar-refractivity contribution in [2.75, 3.05) is 0 Å². The van der Waals surface area contributed by atoms with Crippen LogP contribution in [0.2, 0.25) is 0 Å². The number of nitrogens with one attached hydrogen (secondary N) is 1. The van der Waals surface area contributed by atoms with Crippen LogP contribution in [0.15, 0.2) is 18.2 Å². The van der Waals surface area contributed by atoms with E-state index < -0.39 is 6.04 Å². The Balaban J connectivity index is 3.06. The van der Waals surface area contributed by atoms with Gasteiger partial charge in [-0.3, -0.25) is 10.1 Å². The van der Waals surface area contributed by atoms with E-state index in [0.29, 0.717) is 0 Å². The monoisotopic (exact) mass is 234 g/mol. The summed E-state index contributed by atoms with van der Waals surface area (Å²) in [7, 11) is 0. The van der Waals surface area contributed by atoms with Crippen LogP contribution in [-0.2, 0) is 4.79 Å². The number of amides is 1. The molecule has 2 unspecified atom stereocenters. The molecule has 0 spiro atoms. The van der Waals surface area contributed by atoms with Gasteiger partial charge in [0, 0.05) is 6.04 Å². The molecule has 0 saturated carbocycles. The van der Waals surface area contributed by atoms with Crippen LogP contribution in [0.4, 0.5) is 0 Å². The van der Waals surface area contributed by atoms with E-state index in [2.05, 4.69) is 19.2 Å². The highest BCUT2D eigenvalue weighted by molar-refractivity contribution is 5.82. The third kappa shape index (κ3) is 3.30. The van der Waals surface area contributed by atoms with Crippen LogP contribution in [-0.4, -0.2) is 11.9 Å². The number of benzene rings is 1. The van der Waals surface area contributed by atoms with E-state index in [4.69, 9.17) is 5.73 Å². The van der Waals surface area contributed by atoms with Crippen molar-refractivity contribution in [2.24, 2.45) is 5.73 Å². The first-order valence-electron chi connectivity index (χ1n) is 6.08. The van der Waals surface area contributed by atoms with Gasteiger partial charge in [0.2, 0.25) is 5.91 Å². The first kappa shape index (κ1) is 13.7. The summed E-state index contributed by atoms with van der Waals surface area (Å²) in [6.45, 7) is 8.21. The summed E-state index contributed by atoms with van der Waals surface area (Å²) in [6.07, 6.45) is 0.967. The van der Waals surface area contributed by atoms with E-state index in [9.17, 15) is 4.79 Å². The Bertz CT molecular complexity index is 401. The summed E-state index contributed by atoms with van der Waals surface area (Å²) in [6, 6.07) is 5.84. The molecule has 94 valence electrons. The molecule has 0 aliphatic heterocycles. The molecule has 3 nitrogen and oxygen atoms in total. The lowest BCUT2D eigenvalue weighted by Crippen LogP contribution is -2.38. The number of aryl methyl sites for hydroxylation is 1. The summed E-state index contributed by atoms with van der Waals surface area (Å²) < 4.78 is 0. The van der Waals surface area contributed by atoms with Gasteiger partial charge in [-0.25, -0.2) is 0 Å². The number of carbonyl (C=O) groups excluding carboxylic acids is 1. The van der Waals surface area contributed by atoms with Crippen LogP contribution < -0.4 is 11.1 Å². The molecule has 0 saturated heterocycles. The topological polar surface area (TPSA) is 55.1 Å². The largest absolute Gasteiger partial charge is 0.368 e. The minimum Gasteiger partial charge on any atom is -0.368 e. The van der Waals surface area contributed by atoms with Gasteiger partial charge in [0.15, 0.2) is 0 Å². The molecule has 0 bridgehead atoms. The van der Waals surface area contributed by atoms with Crippen molar-refractivity contribution in [1.82, 2.24) is 5.32 Å². The molecule has 1 amide bonds. The van der Waals surface area contributed by atoms with E-state index in [-0.39, 0.29) is 11.9 Å². The zero-order valence-electron chi connectivity index (χ0n) is 11.1. The maximum absolute atomic E-state index is 11.6. The van der Waals surface area contributed by atoms with Crippen molar-refractivity contribution in [2.45, 2.75) is 46.2 Å². The lowest BCUT2D eigenvalue weighted by Gasteiger charge is -2.22. The van der Waals surface area contributed by atoms with Gasteiger partial charge in [-0.2, -0.15) is 0 Å². The van der Waals surface area contributed by atoms with Gasteiger partial charge in [-0.15, -0.1) is 0 Å². The van der Waals surface area contributed by atoms with Crippen molar-refractivity contribution in [3.63, 3.8) is 0 Å². The Morgan fingerprint density at radius 2 is 2.06 bits per heavy atom. The summed E-state index contributed by atoms with van der Waals surface area (Å²) >= 11 is 0. The highest BCUT2D eigenvalue weighted by Gasteiger charge is 2.21. The molecular weight excluding hydrogens is 212 g/mol. The highest BCUT2D eigenvalue weighted by Crippen LogP contribution is 2.21. The standard InChI is InChI=1S/C14H22N2O/c1-5-10(3)16-13(14(15)17)12-8-6-7-9(2)11(12)4/h6-8,10,13,16H,5H2,1-4H3,(H2,15,17). The number of nitrogens with two attached hydrogens (primary N) is 1. The second kappa shape index (κ2) is 5.82. The number of hydrogen-bond donors (Lipinski definition) is 2. The van der Waals surface area contributed by atoms with Crippen LogP contribution in [0.25, 0.3) is 0 Å².